The number of ether oxygens (including phenoxy) is 2. The molecule has 112 valence electrons. The number of aromatic nitrogens is 2. The Kier molecular flexibility index (Phi) is 6.14. The molecule has 0 aliphatic carbocycles. The topological polar surface area (TPSA) is 44.2 Å². The first-order chi connectivity index (χ1) is 10.2. The van der Waals surface area contributed by atoms with Crippen LogP contribution in [0, 0.1) is 0 Å². The molecule has 0 atom stereocenters. The summed E-state index contributed by atoms with van der Waals surface area (Å²) in [6.07, 6.45) is 2.74. The van der Waals surface area contributed by atoms with Crippen LogP contribution in [0.1, 0.15) is 24.7 Å². The van der Waals surface area contributed by atoms with Crippen LogP contribution in [0.15, 0.2) is 34.9 Å². The number of methoxy groups -OCH3 is 1. The Hall–Kier alpha value is -1.46. The molecule has 0 spiro atoms. The Morgan fingerprint density at radius 2 is 1.86 bits per heavy atom. The van der Waals surface area contributed by atoms with Gasteiger partial charge in [0, 0.05) is 19.6 Å². The first kappa shape index (κ1) is 15.9. The lowest BCUT2D eigenvalue weighted by Crippen LogP contribution is -1.98. The third-order valence-electron chi connectivity index (χ3n) is 2.93. The van der Waals surface area contributed by atoms with Gasteiger partial charge in [0.2, 0.25) is 5.88 Å². The Morgan fingerprint density at radius 3 is 2.52 bits per heavy atom. The van der Waals surface area contributed by atoms with Crippen LogP contribution in [0.2, 0.25) is 0 Å². The van der Waals surface area contributed by atoms with Crippen LogP contribution in [0.4, 0.5) is 0 Å². The first-order valence-corrected chi connectivity index (χ1v) is 7.79. The van der Waals surface area contributed by atoms with Crippen molar-refractivity contribution in [1.82, 2.24) is 9.97 Å². The summed E-state index contributed by atoms with van der Waals surface area (Å²) in [4.78, 5) is 8.73. The summed E-state index contributed by atoms with van der Waals surface area (Å²) >= 11 is 3.39. The molecule has 2 rings (SSSR count). The molecular formula is C16H19BrN2O2. The molecule has 21 heavy (non-hydrogen) atoms. The van der Waals surface area contributed by atoms with Gasteiger partial charge in [-0.15, -0.1) is 0 Å². The van der Waals surface area contributed by atoms with Crippen molar-refractivity contribution in [2.24, 2.45) is 0 Å². The van der Waals surface area contributed by atoms with E-state index in [9.17, 15) is 0 Å². The van der Waals surface area contributed by atoms with Crippen LogP contribution in [0.5, 0.6) is 11.6 Å². The largest absolute Gasteiger partial charge is 0.439 e. The molecule has 1 aromatic heterocycles. The predicted molar refractivity (Wildman–Crippen MR) is 85.8 cm³/mol. The molecule has 0 fully saturated rings. The van der Waals surface area contributed by atoms with E-state index in [4.69, 9.17) is 9.47 Å². The molecule has 0 aliphatic heterocycles. The van der Waals surface area contributed by atoms with E-state index in [2.05, 4.69) is 32.8 Å². The maximum absolute atomic E-state index is 5.79. The number of benzene rings is 1. The summed E-state index contributed by atoms with van der Waals surface area (Å²) in [6.45, 7) is 2.82. The fourth-order valence-corrected chi connectivity index (χ4v) is 2.29. The molecule has 0 N–H and O–H groups in total. The predicted octanol–water partition coefficient (Wildman–Crippen LogP) is 4.17. The molecule has 0 bridgehead atoms. The molecule has 5 heteroatoms. The van der Waals surface area contributed by atoms with Crippen molar-refractivity contribution >= 4 is 15.9 Å². The van der Waals surface area contributed by atoms with E-state index < -0.39 is 0 Å². The smallest absolute Gasteiger partial charge is 0.223 e. The number of aryl methyl sites for hydroxylation is 1. The van der Waals surface area contributed by atoms with Gasteiger partial charge in [0.15, 0.2) is 0 Å². The Balaban J connectivity index is 2.07. The third-order valence-corrected chi connectivity index (χ3v) is 3.34. The minimum atomic E-state index is 0.560. The normalized spacial score (nSPS) is 10.6. The monoisotopic (exact) mass is 350 g/mol. The van der Waals surface area contributed by atoms with Gasteiger partial charge in [-0.1, -0.05) is 19.1 Å². The molecule has 0 saturated carbocycles. The maximum Gasteiger partial charge on any atom is 0.223 e. The summed E-state index contributed by atoms with van der Waals surface area (Å²) in [5.74, 6) is 2.12. The first-order valence-electron chi connectivity index (χ1n) is 7.00. The summed E-state index contributed by atoms with van der Waals surface area (Å²) in [5.41, 5.74) is 1.22. The average molecular weight is 351 g/mol. The van der Waals surface area contributed by atoms with Crippen molar-refractivity contribution in [1.29, 1.82) is 0 Å². The van der Waals surface area contributed by atoms with Gasteiger partial charge in [-0.2, -0.15) is 4.98 Å². The lowest BCUT2D eigenvalue weighted by atomic mass is 10.1. The third kappa shape index (κ3) is 5.10. The molecule has 0 saturated heterocycles. The molecule has 4 nitrogen and oxygen atoms in total. The second-order valence-electron chi connectivity index (χ2n) is 4.68. The van der Waals surface area contributed by atoms with Gasteiger partial charge in [-0.3, -0.25) is 0 Å². The van der Waals surface area contributed by atoms with Crippen LogP contribution in [0.3, 0.4) is 0 Å². The van der Waals surface area contributed by atoms with E-state index in [0.29, 0.717) is 5.88 Å². The summed E-state index contributed by atoms with van der Waals surface area (Å²) in [7, 11) is 1.71. The highest BCUT2D eigenvalue weighted by Crippen LogP contribution is 2.22. The zero-order chi connectivity index (χ0) is 15.1. The van der Waals surface area contributed by atoms with Gasteiger partial charge in [-0.25, -0.2) is 4.98 Å². The quantitative estimate of drug-likeness (QED) is 0.702. The number of rotatable bonds is 7. The van der Waals surface area contributed by atoms with Crippen LogP contribution in [-0.4, -0.2) is 23.7 Å². The van der Waals surface area contributed by atoms with Gasteiger partial charge < -0.3 is 9.47 Å². The molecule has 1 heterocycles. The molecule has 1 aromatic carbocycles. The molecule has 0 radical (unpaired) electrons. The standard InChI is InChI=1S/C16H19BrN2O2/c1-3-4-15-18-14(17)11-16(19-15)21-13-7-5-12(6-8-13)9-10-20-2/h5-8,11H,3-4,9-10H2,1-2H3. The van der Waals surface area contributed by atoms with Gasteiger partial charge in [0.1, 0.15) is 16.2 Å². The minimum Gasteiger partial charge on any atom is -0.439 e. The van der Waals surface area contributed by atoms with Gasteiger partial charge >= 0.3 is 0 Å². The highest BCUT2D eigenvalue weighted by Gasteiger charge is 2.05. The highest BCUT2D eigenvalue weighted by molar-refractivity contribution is 9.10. The lowest BCUT2D eigenvalue weighted by Gasteiger charge is -2.08. The van der Waals surface area contributed by atoms with E-state index in [1.807, 2.05) is 24.3 Å². The van der Waals surface area contributed by atoms with Crippen molar-refractivity contribution in [2.45, 2.75) is 26.2 Å². The maximum atomic E-state index is 5.79. The SMILES string of the molecule is CCCc1nc(Br)cc(Oc2ccc(CCOC)cc2)n1. The van der Waals surface area contributed by atoms with E-state index in [1.54, 1.807) is 13.2 Å². The van der Waals surface area contributed by atoms with Crippen molar-refractivity contribution in [3.63, 3.8) is 0 Å². The second-order valence-corrected chi connectivity index (χ2v) is 5.50. The van der Waals surface area contributed by atoms with E-state index >= 15 is 0 Å². The number of hydrogen-bond acceptors (Lipinski definition) is 4. The van der Waals surface area contributed by atoms with Crippen molar-refractivity contribution in [2.75, 3.05) is 13.7 Å². The zero-order valence-corrected chi connectivity index (χ0v) is 13.9. The van der Waals surface area contributed by atoms with E-state index in [0.717, 1.165) is 42.0 Å². The van der Waals surface area contributed by atoms with Crippen molar-refractivity contribution in [3.05, 3.63) is 46.3 Å². The molecule has 2 aromatic rings. The Morgan fingerprint density at radius 1 is 1.10 bits per heavy atom. The Bertz CT molecular complexity index is 573. The average Bonchev–Trinajstić information content (AvgIpc) is 2.46. The van der Waals surface area contributed by atoms with E-state index in [1.165, 1.54) is 5.56 Å². The fraction of sp³-hybridized carbons (Fsp3) is 0.375. The molecule has 0 aliphatic rings. The summed E-state index contributed by atoms with van der Waals surface area (Å²) < 4.78 is 11.6. The molecule has 0 amide bonds. The molecular weight excluding hydrogens is 332 g/mol. The van der Waals surface area contributed by atoms with Crippen LogP contribution in [-0.2, 0) is 17.6 Å². The summed E-state index contributed by atoms with van der Waals surface area (Å²) in [5, 5.41) is 0. The zero-order valence-electron chi connectivity index (χ0n) is 12.3. The molecule has 0 unspecified atom stereocenters. The van der Waals surface area contributed by atoms with E-state index in [-0.39, 0.29) is 0 Å². The second kappa shape index (κ2) is 8.10. The number of nitrogens with zero attached hydrogens (tertiary/aromatic N) is 2. The van der Waals surface area contributed by atoms with Crippen LogP contribution < -0.4 is 4.74 Å². The Labute approximate surface area is 133 Å². The summed E-state index contributed by atoms with van der Waals surface area (Å²) in [6, 6.07) is 9.74. The number of hydrogen-bond donors (Lipinski definition) is 0. The van der Waals surface area contributed by atoms with Gasteiger partial charge in [0.25, 0.3) is 0 Å². The number of halogens is 1. The lowest BCUT2D eigenvalue weighted by molar-refractivity contribution is 0.202. The van der Waals surface area contributed by atoms with Crippen LogP contribution in [0.25, 0.3) is 0 Å². The van der Waals surface area contributed by atoms with Crippen molar-refractivity contribution in [3.8, 4) is 11.6 Å². The van der Waals surface area contributed by atoms with Crippen molar-refractivity contribution < 1.29 is 9.47 Å². The van der Waals surface area contributed by atoms with Crippen LogP contribution >= 0.6 is 15.9 Å². The highest BCUT2D eigenvalue weighted by atomic mass is 79.9. The minimum absolute atomic E-state index is 0.560. The van der Waals surface area contributed by atoms with Gasteiger partial charge in [0.05, 0.1) is 6.61 Å². The van der Waals surface area contributed by atoms with Gasteiger partial charge in [-0.05, 0) is 46.5 Å². The fourth-order valence-electron chi connectivity index (χ4n) is 1.89.